The van der Waals surface area contributed by atoms with Gasteiger partial charge in [-0.3, -0.25) is 14.9 Å². The van der Waals surface area contributed by atoms with Gasteiger partial charge in [0, 0.05) is 23.5 Å². The summed E-state index contributed by atoms with van der Waals surface area (Å²) in [4.78, 5) is 33.8. The van der Waals surface area contributed by atoms with E-state index in [1.165, 1.54) is 12.1 Å². The van der Waals surface area contributed by atoms with Crippen LogP contribution < -0.4 is 11.1 Å². The molecule has 0 radical (unpaired) electrons. The van der Waals surface area contributed by atoms with E-state index in [9.17, 15) is 19.7 Å². The lowest BCUT2D eigenvalue weighted by atomic mass is 10.1. The van der Waals surface area contributed by atoms with E-state index in [0.717, 1.165) is 12.1 Å². The van der Waals surface area contributed by atoms with Gasteiger partial charge in [0.1, 0.15) is 0 Å². The molecular weight excluding hydrogens is 328 g/mol. The number of nitrogens with one attached hydrogen (secondary N) is 1. The third kappa shape index (κ3) is 4.52. The highest BCUT2D eigenvalue weighted by Crippen LogP contribution is 2.20. The predicted molar refractivity (Wildman–Crippen MR) is 87.6 cm³/mol. The van der Waals surface area contributed by atoms with Gasteiger partial charge in [0.05, 0.1) is 22.1 Å². The van der Waals surface area contributed by atoms with E-state index < -0.39 is 23.4 Å². The molecular formula is C16H12N4O5. The van der Waals surface area contributed by atoms with E-state index in [-0.39, 0.29) is 16.9 Å². The van der Waals surface area contributed by atoms with Crippen molar-refractivity contribution in [3.63, 3.8) is 0 Å². The molecule has 126 valence electrons. The molecule has 1 amide bonds. The van der Waals surface area contributed by atoms with Gasteiger partial charge in [-0.05, 0) is 24.3 Å². The number of esters is 1. The van der Waals surface area contributed by atoms with Crippen LogP contribution in [0.3, 0.4) is 0 Å². The van der Waals surface area contributed by atoms with E-state index in [2.05, 4.69) is 5.32 Å². The number of hydrogen-bond acceptors (Lipinski definition) is 7. The second-order valence-electron chi connectivity index (χ2n) is 4.85. The first-order valence-electron chi connectivity index (χ1n) is 6.92. The summed E-state index contributed by atoms with van der Waals surface area (Å²) in [6.07, 6.45) is 0. The summed E-state index contributed by atoms with van der Waals surface area (Å²) < 4.78 is 4.82. The minimum atomic E-state index is -0.956. The Kier molecular flexibility index (Phi) is 5.27. The molecule has 0 aliphatic carbocycles. The molecule has 0 spiro atoms. The molecule has 9 heteroatoms. The lowest BCUT2D eigenvalue weighted by Crippen LogP contribution is -2.21. The second kappa shape index (κ2) is 7.56. The highest BCUT2D eigenvalue weighted by Gasteiger charge is 2.17. The summed E-state index contributed by atoms with van der Waals surface area (Å²) >= 11 is 0. The third-order valence-corrected chi connectivity index (χ3v) is 3.08. The van der Waals surface area contributed by atoms with Gasteiger partial charge in [-0.1, -0.05) is 6.07 Å². The first-order valence-corrected chi connectivity index (χ1v) is 6.92. The number of benzene rings is 2. The van der Waals surface area contributed by atoms with Crippen LogP contribution in [0.1, 0.15) is 15.9 Å². The van der Waals surface area contributed by atoms with Crippen LogP contribution in [0.5, 0.6) is 0 Å². The molecule has 0 aliphatic rings. The van der Waals surface area contributed by atoms with E-state index in [1.54, 1.807) is 18.2 Å². The number of carbonyl (C=O) groups is 2. The average Bonchev–Trinajstić information content (AvgIpc) is 2.60. The van der Waals surface area contributed by atoms with Crippen molar-refractivity contribution in [2.24, 2.45) is 0 Å². The number of nitro groups is 1. The van der Waals surface area contributed by atoms with Crippen molar-refractivity contribution >= 4 is 28.9 Å². The molecule has 0 aliphatic heterocycles. The highest BCUT2D eigenvalue weighted by molar-refractivity contribution is 5.98. The van der Waals surface area contributed by atoms with Crippen LogP contribution >= 0.6 is 0 Å². The Balaban J connectivity index is 2.00. The maximum absolute atomic E-state index is 11.9. The number of nitrogens with zero attached hydrogens (tertiary/aromatic N) is 2. The van der Waals surface area contributed by atoms with Crippen LogP contribution in [0.4, 0.5) is 17.1 Å². The quantitative estimate of drug-likeness (QED) is 0.365. The summed E-state index contributed by atoms with van der Waals surface area (Å²) in [6, 6.07) is 11.5. The van der Waals surface area contributed by atoms with Crippen molar-refractivity contribution in [3.8, 4) is 6.07 Å². The number of nitro benzene ring substituents is 1. The lowest BCUT2D eigenvalue weighted by Gasteiger charge is -2.08. The summed E-state index contributed by atoms with van der Waals surface area (Å²) in [7, 11) is 0. The average molecular weight is 340 g/mol. The number of ether oxygens (including phenoxy) is 1. The van der Waals surface area contributed by atoms with Crippen LogP contribution in [0.15, 0.2) is 42.5 Å². The maximum atomic E-state index is 11.9. The number of hydrogen-bond donors (Lipinski definition) is 2. The van der Waals surface area contributed by atoms with Crippen molar-refractivity contribution in [1.29, 1.82) is 5.26 Å². The van der Waals surface area contributed by atoms with E-state index in [4.69, 9.17) is 15.7 Å². The molecule has 0 saturated heterocycles. The fraction of sp³-hybridized carbons (Fsp3) is 0.0625. The monoisotopic (exact) mass is 340 g/mol. The Morgan fingerprint density at radius 1 is 1.28 bits per heavy atom. The van der Waals surface area contributed by atoms with Crippen molar-refractivity contribution < 1.29 is 19.2 Å². The Morgan fingerprint density at radius 2 is 2.04 bits per heavy atom. The van der Waals surface area contributed by atoms with Gasteiger partial charge in [-0.25, -0.2) is 4.79 Å². The third-order valence-electron chi connectivity index (χ3n) is 3.08. The number of rotatable bonds is 5. The molecule has 0 saturated carbocycles. The number of non-ortho nitro benzene ring substituents is 1. The Bertz CT molecular complexity index is 888. The number of carbonyl (C=O) groups excluding carboxylic acids is 2. The number of anilines is 2. The Labute approximate surface area is 141 Å². The minimum absolute atomic E-state index is 0.00210. The van der Waals surface area contributed by atoms with Gasteiger partial charge in [-0.15, -0.1) is 0 Å². The molecule has 0 heterocycles. The summed E-state index contributed by atoms with van der Waals surface area (Å²) in [6.45, 7) is -0.613. The fourth-order valence-electron chi connectivity index (χ4n) is 1.91. The molecule has 0 fully saturated rings. The SMILES string of the molecule is N#Cc1cccc(NC(=O)COC(=O)c2cc([N+](=O)[O-])ccc2N)c1. The van der Waals surface area contributed by atoms with E-state index in [1.807, 2.05) is 6.07 Å². The van der Waals surface area contributed by atoms with Crippen LogP contribution in [-0.4, -0.2) is 23.4 Å². The normalized spacial score (nSPS) is 9.72. The first kappa shape index (κ1) is 17.4. The van der Waals surface area contributed by atoms with Crippen LogP contribution in [0.25, 0.3) is 0 Å². The van der Waals surface area contributed by atoms with Gasteiger partial charge in [0.15, 0.2) is 6.61 Å². The standard InChI is InChI=1S/C16H12N4O5/c17-8-10-2-1-3-11(6-10)19-15(21)9-25-16(22)13-7-12(20(23)24)4-5-14(13)18/h1-7H,9,18H2,(H,19,21). The molecule has 2 aromatic rings. The number of nitrogens with two attached hydrogens (primary N) is 1. The number of amides is 1. The smallest absolute Gasteiger partial charge is 0.341 e. The number of nitriles is 1. The van der Waals surface area contributed by atoms with Gasteiger partial charge in [-0.2, -0.15) is 5.26 Å². The highest BCUT2D eigenvalue weighted by atomic mass is 16.6. The predicted octanol–water partition coefficient (Wildman–Crippen LogP) is 1.84. The Hall–Kier alpha value is -3.93. The van der Waals surface area contributed by atoms with Gasteiger partial charge < -0.3 is 15.8 Å². The van der Waals surface area contributed by atoms with Crippen molar-refractivity contribution in [3.05, 3.63) is 63.7 Å². The lowest BCUT2D eigenvalue weighted by molar-refractivity contribution is -0.384. The van der Waals surface area contributed by atoms with Crippen LogP contribution in [-0.2, 0) is 9.53 Å². The second-order valence-corrected chi connectivity index (χ2v) is 4.85. The largest absolute Gasteiger partial charge is 0.452 e. The molecule has 3 N–H and O–H groups in total. The molecule has 25 heavy (non-hydrogen) atoms. The van der Waals surface area contributed by atoms with Crippen LogP contribution in [0.2, 0.25) is 0 Å². The van der Waals surface area contributed by atoms with Gasteiger partial charge in [0.2, 0.25) is 0 Å². The molecule has 2 rings (SSSR count). The van der Waals surface area contributed by atoms with Gasteiger partial charge >= 0.3 is 5.97 Å². The molecule has 0 bridgehead atoms. The molecule has 0 atom stereocenters. The van der Waals surface area contributed by atoms with E-state index >= 15 is 0 Å². The first-order chi connectivity index (χ1) is 11.9. The van der Waals surface area contributed by atoms with Crippen molar-refractivity contribution in [1.82, 2.24) is 0 Å². The fourth-order valence-corrected chi connectivity index (χ4v) is 1.91. The topological polar surface area (TPSA) is 148 Å². The zero-order valence-electron chi connectivity index (χ0n) is 12.8. The molecule has 0 unspecified atom stereocenters. The molecule has 9 nitrogen and oxygen atoms in total. The number of nitrogen functional groups attached to an aromatic ring is 1. The van der Waals surface area contributed by atoms with Gasteiger partial charge in [0.25, 0.3) is 11.6 Å². The zero-order valence-corrected chi connectivity index (χ0v) is 12.8. The minimum Gasteiger partial charge on any atom is -0.452 e. The summed E-state index contributed by atoms with van der Waals surface area (Å²) in [5.41, 5.74) is 5.81. The van der Waals surface area contributed by atoms with Crippen molar-refractivity contribution in [2.45, 2.75) is 0 Å². The summed E-state index contributed by atoms with van der Waals surface area (Å²) in [5, 5.41) is 22.0. The molecule has 0 aromatic heterocycles. The Morgan fingerprint density at radius 3 is 2.72 bits per heavy atom. The van der Waals surface area contributed by atoms with E-state index in [0.29, 0.717) is 11.3 Å². The maximum Gasteiger partial charge on any atom is 0.341 e. The zero-order chi connectivity index (χ0) is 18.4. The molecule has 2 aromatic carbocycles. The summed E-state index contributed by atoms with van der Waals surface area (Å²) in [5.74, 6) is -1.59. The van der Waals surface area contributed by atoms with Crippen molar-refractivity contribution in [2.75, 3.05) is 17.7 Å². The van der Waals surface area contributed by atoms with Crippen LogP contribution in [0, 0.1) is 21.4 Å².